The molecule has 1 rings (SSSR count). The van der Waals surface area contributed by atoms with E-state index in [1.54, 1.807) is 0 Å². The lowest BCUT2D eigenvalue weighted by atomic mass is 9.82. The highest BCUT2D eigenvalue weighted by molar-refractivity contribution is 5.66. The third-order valence-corrected chi connectivity index (χ3v) is 2.87. The van der Waals surface area contributed by atoms with E-state index < -0.39 is 5.97 Å². The molecule has 0 radical (unpaired) electrons. The molecule has 3 heteroatoms. The molecule has 1 aliphatic rings. The smallest absolute Gasteiger partial charge is 0.303 e. The first kappa shape index (κ1) is 11.5. The van der Waals surface area contributed by atoms with Crippen LogP contribution in [-0.2, 0) is 4.79 Å². The van der Waals surface area contributed by atoms with E-state index in [9.17, 15) is 4.79 Å². The van der Waals surface area contributed by atoms with E-state index in [1.165, 1.54) is 12.8 Å². The molecule has 0 saturated heterocycles. The van der Waals surface area contributed by atoms with Gasteiger partial charge in [0, 0.05) is 12.5 Å². The van der Waals surface area contributed by atoms with Crippen molar-refractivity contribution in [2.45, 2.75) is 51.5 Å². The Morgan fingerprint density at radius 1 is 1.36 bits per heavy atom. The Bertz CT molecular complexity index is 176. The van der Waals surface area contributed by atoms with Crippen LogP contribution in [0.25, 0.3) is 0 Å². The van der Waals surface area contributed by atoms with Gasteiger partial charge in [-0.15, -0.1) is 0 Å². The first-order valence-corrected chi connectivity index (χ1v) is 5.63. The monoisotopic (exact) mass is 199 g/mol. The van der Waals surface area contributed by atoms with Crippen molar-refractivity contribution in [3.8, 4) is 0 Å². The molecule has 0 aromatic carbocycles. The molecule has 1 saturated carbocycles. The zero-order chi connectivity index (χ0) is 10.4. The highest BCUT2D eigenvalue weighted by atomic mass is 16.4. The van der Waals surface area contributed by atoms with Gasteiger partial charge in [-0.25, -0.2) is 0 Å². The lowest BCUT2D eigenvalue weighted by Crippen LogP contribution is -2.40. The lowest BCUT2D eigenvalue weighted by Gasteiger charge is -2.33. The molecular formula is C11H21NO2. The summed E-state index contributed by atoms with van der Waals surface area (Å²) in [5.74, 6) is 0.227. The van der Waals surface area contributed by atoms with Crippen LogP contribution < -0.4 is 5.32 Å². The highest BCUT2D eigenvalue weighted by Crippen LogP contribution is 2.26. The van der Waals surface area contributed by atoms with Crippen LogP contribution in [0.4, 0.5) is 0 Å². The van der Waals surface area contributed by atoms with E-state index in [0.717, 1.165) is 37.8 Å². The number of carboxylic acid groups (broad SMARTS) is 1. The van der Waals surface area contributed by atoms with E-state index in [0.29, 0.717) is 6.42 Å². The van der Waals surface area contributed by atoms with Crippen LogP contribution in [-0.4, -0.2) is 23.7 Å². The van der Waals surface area contributed by atoms with Gasteiger partial charge in [0.15, 0.2) is 0 Å². The van der Waals surface area contributed by atoms with Crippen LogP contribution >= 0.6 is 0 Å². The molecule has 0 amide bonds. The van der Waals surface area contributed by atoms with Crippen LogP contribution in [0.1, 0.15) is 45.4 Å². The molecule has 14 heavy (non-hydrogen) atoms. The van der Waals surface area contributed by atoms with Crippen LogP contribution in [0.5, 0.6) is 0 Å². The summed E-state index contributed by atoms with van der Waals surface area (Å²) in [7, 11) is 0. The number of nitrogens with one attached hydrogen (secondary N) is 1. The fourth-order valence-electron chi connectivity index (χ4n) is 1.95. The standard InChI is InChI=1S/C11H21NO2/c1-9-7-10(8-9)12-6-4-2-3-5-11(13)14/h9-10,12H,2-8H2,1H3,(H,13,14). The number of unbranched alkanes of at least 4 members (excludes halogenated alkanes) is 2. The molecule has 0 aromatic rings. The summed E-state index contributed by atoms with van der Waals surface area (Å²) >= 11 is 0. The van der Waals surface area contributed by atoms with E-state index in [1.807, 2.05) is 0 Å². The Hall–Kier alpha value is -0.570. The van der Waals surface area contributed by atoms with Crippen molar-refractivity contribution in [3.63, 3.8) is 0 Å². The van der Waals surface area contributed by atoms with Crippen molar-refractivity contribution in [2.75, 3.05) is 6.54 Å². The second-order valence-electron chi connectivity index (χ2n) is 4.43. The molecule has 82 valence electrons. The summed E-state index contributed by atoms with van der Waals surface area (Å²) in [5, 5.41) is 11.9. The number of hydrogen-bond acceptors (Lipinski definition) is 2. The van der Waals surface area contributed by atoms with Gasteiger partial charge in [-0.3, -0.25) is 4.79 Å². The summed E-state index contributed by atoms with van der Waals surface area (Å²) in [6.07, 6.45) is 5.91. The number of aliphatic carboxylic acids is 1. The van der Waals surface area contributed by atoms with Gasteiger partial charge in [-0.1, -0.05) is 13.3 Å². The molecule has 0 heterocycles. The average Bonchev–Trinajstić information content (AvgIpc) is 2.07. The van der Waals surface area contributed by atoms with E-state index in [2.05, 4.69) is 12.2 Å². The van der Waals surface area contributed by atoms with Gasteiger partial charge >= 0.3 is 5.97 Å². The van der Waals surface area contributed by atoms with E-state index in [-0.39, 0.29) is 0 Å². The molecular weight excluding hydrogens is 178 g/mol. The molecule has 0 unspecified atom stereocenters. The summed E-state index contributed by atoms with van der Waals surface area (Å²) in [4.78, 5) is 10.2. The fourth-order valence-corrected chi connectivity index (χ4v) is 1.95. The van der Waals surface area contributed by atoms with Crippen molar-refractivity contribution < 1.29 is 9.90 Å². The van der Waals surface area contributed by atoms with E-state index >= 15 is 0 Å². The minimum absolute atomic E-state index is 0.320. The lowest BCUT2D eigenvalue weighted by molar-refractivity contribution is -0.137. The first-order chi connectivity index (χ1) is 6.68. The molecule has 1 fully saturated rings. The van der Waals surface area contributed by atoms with Crippen molar-refractivity contribution >= 4 is 5.97 Å². The summed E-state index contributed by atoms with van der Waals surface area (Å²) in [6, 6.07) is 0.740. The Morgan fingerprint density at radius 2 is 2.07 bits per heavy atom. The van der Waals surface area contributed by atoms with Crippen molar-refractivity contribution in [2.24, 2.45) is 5.92 Å². The van der Waals surface area contributed by atoms with Crippen molar-refractivity contribution in [3.05, 3.63) is 0 Å². The topological polar surface area (TPSA) is 49.3 Å². The average molecular weight is 199 g/mol. The molecule has 2 N–H and O–H groups in total. The number of hydrogen-bond donors (Lipinski definition) is 2. The predicted molar refractivity (Wildman–Crippen MR) is 56.3 cm³/mol. The molecule has 0 atom stereocenters. The molecule has 0 aromatic heterocycles. The minimum atomic E-state index is -0.675. The SMILES string of the molecule is CC1CC(NCCCCCC(=O)O)C1. The number of rotatable bonds is 7. The fraction of sp³-hybridized carbons (Fsp3) is 0.909. The summed E-state index contributed by atoms with van der Waals surface area (Å²) < 4.78 is 0. The Kier molecular flexibility index (Phi) is 4.94. The third-order valence-electron chi connectivity index (χ3n) is 2.87. The van der Waals surface area contributed by atoms with Crippen LogP contribution in [0, 0.1) is 5.92 Å². The quantitative estimate of drug-likeness (QED) is 0.617. The van der Waals surface area contributed by atoms with Crippen molar-refractivity contribution in [1.82, 2.24) is 5.32 Å². The van der Waals surface area contributed by atoms with E-state index in [4.69, 9.17) is 5.11 Å². The van der Waals surface area contributed by atoms with Gasteiger partial charge in [0.25, 0.3) is 0 Å². The minimum Gasteiger partial charge on any atom is -0.481 e. The molecule has 1 aliphatic carbocycles. The maximum Gasteiger partial charge on any atom is 0.303 e. The second kappa shape index (κ2) is 6.02. The molecule has 0 bridgehead atoms. The third kappa shape index (κ3) is 4.61. The largest absolute Gasteiger partial charge is 0.481 e. The van der Waals surface area contributed by atoms with Gasteiger partial charge in [0.2, 0.25) is 0 Å². The predicted octanol–water partition coefficient (Wildman–Crippen LogP) is 2.02. The van der Waals surface area contributed by atoms with Crippen molar-refractivity contribution in [1.29, 1.82) is 0 Å². The zero-order valence-electron chi connectivity index (χ0n) is 8.96. The zero-order valence-corrected chi connectivity index (χ0v) is 8.96. The Balaban J connectivity index is 1.78. The van der Waals surface area contributed by atoms with Gasteiger partial charge in [0.1, 0.15) is 0 Å². The van der Waals surface area contributed by atoms with Gasteiger partial charge in [-0.05, 0) is 38.1 Å². The van der Waals surface area contributed by atoms with Crippen LogP contribution in [0.3, 0.4) is 0 Å². The highest BCUT2D eigenvalue weighted by Gasteiger charge is 2.23. The summed E-state index contributed by atoms with van der Waals surface area (Å²) in [6.45, 7) is 3.34. The van der Waals surface area contributed by atoms with Gasteiger partial charge in [0.05, 0.1) is 0 Å². The maximum absolute atomic E-state index is 10.2. The number of carboxylic acids is 1. The molecule has 0 spiro atoms. The van der Waals surface area contributed by atoms with Crippen LogP contribution in [0.15, 0.2) is 0 Å². The first-order valence-electron chi connectivity index (χ1n) is 5.63. The van der Waals surface area contributed by atoms with Gasteiger partial charge < -0.3 is 10.4 Å². The molecule has 3 nitrogen and oxygen atoms in total. The number of carbonyl (C=O) groups is 1. The van der Waals surface area contributed by atoms with Gasteiger partial charge in [-0.2, -0.15) is 0 Å². The summed E-state index contributed by atoms with van der Waals surface area (Å²) in [5.41, 5.74) is 0. The molecule has 0 aliphatic heterocycles. The Labute approximate surface area is 85.9 Å². The normalized spacial score (nSPS) is 25.8. The Morgan fingerprint density at radius 3 is 2.64 bits per heavy atom. The maximum atomic E-state index is 10.2. The van der Waals surface area contributed by atoms with Crippen LogP contribution in [0.2, 0.25) is 0 Å². The second-order valence-corrected chi connectivity index (χ2v) is 4.43.